The molecule has 88 heavy (non-hydrogen) atoms. The van der Waals surface area contributed by atoms with E-state index in [9.17, 15) is 9.59 Å². The van der Waals surface area contributed by atoms with Gasteiger partial charge in [-0.2, -0.15) is 0 Å². The fourth-order valence-electron chi connectivity index (χ4n) is 26.0. The first-order valence-electron chi connectivity index (χ1n) is 41.9. The van der Waals surface area contributed by atoms with E-state index in [1.54, 1.807) is 0 Å². The highest BCUT2D eigenvalue weighted by atomic mass is 16.1. The highest BCUT2D eigenvalue weighted by molar-refractivity contribution is 5.84. The number of carbonyl (C=O) groups is 2. The maximum atomic E-state index is 14.4. The van der Waals surface area contributed by atoms with Gasteiger partial charge in [0.1, 0.15) is 11.6 Å². The van der Waals surface area contributed by atoms with E-state index in [2.05, 4.69) is 37.5 Å². The molecule has 0 spiro atoms. The summed E-state index contributed by atoms with van der Waals surface area (Å²) in [4.78, 5) is 36.0. The number of carbonyl (C=O) groups excluding carboxylic acids is 2. The molecule has 0 aromatic carbocycles. The zero-order chi connectivity index (χ0) is 60.3. The summed E-state index contributed by atoms with van der Waals surface area (Å²) in [7, 11) is 0. The molecule has 4 heteroatoms. The van der Waals surface area contributed by atoms with Crippen molar-refractivity contribution in [2.24, 2.45) is 107 Å². The molecule has 0 heterocycles. The number of unbranched alkanes of at least 4 members (excludes halogenated alkanes) is 10. The average Bonchev–Trinajstić information content (AvgIpc) is 0.735. The van der Waals surface area contributed by atoms with Gasteiger partial charge in [0.25, 0.3) is 0 Å². The molecule has 502 valence electrons. The van der Waals surface area contributed by atoms with Crippen LogP contribution in [0.2, 0.25) is 0 Å². The molecule has 0 bridgehead atoms. The molecule has 10 unspecified atom stereocenters. The van der Waals surface area contributed by atoms with Gasteiger partial charge in [-0.25, -0.2) is 0 Å². The van der Waals surface area contributed by atoms with Crippen molar-refractivity contribution in [2.45, 2.75) is 411 Å². The van der Waals surface area contributed by atoms with Crippen LogP contribution in [0.15, 0.2) is 0 Å². The number of Topliss-reactive ketones (excluding diaryl/α,β-unsaturated/α-hetero) is 2. The quantitative estimate of drug-likeness (QED) is 0.0810. The molecular weight excluding hydrogens is 1070 g/mol. The first kappa shape index (κ1) is 67.2. The fourth-order valence-corrected chi connectivity index (χ4v) is 26.0. The van der Waals surface area contributed by atoms with E-state index in [0.29, 0.717) is 23.7 Å². The van der Waals surface area contributed by atoms with E-state index < -0.39 is 0 Å². The van der Waals surface area contributed by atoms with Gasteiger partial charge in [-0.1, -0.05) is 156 Å². The lowest BCUT2D eigenvalue weighted by atomic mass is 9.41. The van der Waals surface area contributed by atoms with Crippen LogP contribution in [0, 0.1) is 107 Å². The lowest BCUT2D eigenvalue weighted by molar-refractivity contribution is -0.190. The Balaban J connectivity index is 0.866. The number of hydrogen-bond donors (Lipinski definition) is 0. The Morgan fingerprint density at radius 1 is 0.295 bits per heavy atom. The summed E-state index contributed by atoms with van der Waals surface area (Å²) in [6, 6.07) is 4.78. The Morgan fingerprint density at radius 2 is 0.602 bits per heavy atom. The van der Waals surface area contributed by atoms with Crippen LogP contribution in [0.4, 0.5) is 0 Å². The van der Waals surface area contributed by atoms with Crippen LogP contribution in [0.5, 0.6) is 0 Å². The summed E-state index contributed by atoms with van der Waals surface area (Å²) in [6.45, 7) is 9.95. The van der Waals surface area contributed by atoms with Gasteiger partial charge in [-0.15, -0.1) is 0 Å². The van der Waals surface area contributed by atoms with Gasteiger partial charge in [0.2, 0.25) is 0 Å². The molecular formula is C84H144N2O2. The molecule has 0 aromatic rings. The second-order valence-corrected chi connectivity index (χ2v) is 35.8. The molecule has 10 atom stereocenters. The van der Waals surface area contributed by atoms with Gasteiger partial charge in [0.15, 0.2) is 0 Å². The Labute approximate surface area is 545 Å². The van der Waals surface area contributed by atoms with Crippen LogP contribution in [0.25, 0.3) is 0 Å². The van der Waals surface area contributed by atoms with Crippen molar-refractivity contribution in [3.63, 3.8) is 0 Å². The summed E-state index contributed by atoms with van der Waals surface area (Å²) in [5.74, 6) is 15.5. The van der Waals surface area contributed by atoms with Crippen molar-refractivity contribution in [3.8, 4) is 0 Å². The molecule has 12 aliphatic rings. The van der Waals surface area contributed by atoms with Crippen molar-refractivity contribution in [1.82, 2.24) is 9.80 Å². The molecule has 0 saturated heterocycles. The normalized spacial score (nSPS) is 42.2. The highest BCUT2D eigenvalue weighted by Gasteiger charge is 2.63. The summed E-state index contributed by atoms with van der Waals surface area (Å²) in [6.07, 6.45) is 76.2. The SMILES string of the molecule is CCCCCCCCC1CCC(N(C2CCC(C)CC2)C2CC(C3CCC(C(=O)C4CCCCC4)CC3)C3CCC4C5C(CCC2C35)C(C2CCC(C(=O)C3CCCCC3)CC2)CC4N(C2CCC(C)CC2)C2CCC(CCCCCCCC)CC2)CC1. The van der Waals surface area contributed by atoms with E-state index in [1.165, 1.54) is 347 Å². The maximum Gasteiger partial charge on any atom is 0.139 e. The second kappa shape index (κ2) is 33.3. The molecule has 0 radical (unpaired) electrons. The van der Waals surface area contributed by atoms with Crippen LogP contribution >= 0.6 is 0 Å². The standard InChI is InChI=1S/C84H144N2O2/c1-5-7-9-11-13-17-23-61-33-49-71(50-34-61)85(69-45-29-59(3)30-46-69)79-57-77(63-37-41-67(42-38-63)83(87)65-25-19-15-20-26-65)73-54-56-76-80(86(70-47-31-60(4)32-48-70)72-51-35-62(36-52-72)24-18-14-12-10-8-6-2)58-78(74-53-55-75(79)81(73)82(74)76)64-39-43-68(44-40-64)84(88)66-27-21-16-22-28-66/h59-82H,5-58H2,1-4H3. The zero-order valence-electron chi connectivity index (χ0n) is 58.8. The van der Waals surface area contributed by atoms with Crippen LogP contribution in [-0.2, 0) is 9.59 Å². The molecule has 0 N–H and O–H groups in total. The van der Waals surface area contributed by atoms with Gasteiger partial charge >= 0.3 is 0 Å². The van der Waals surface area contributed by atoms with Crippen LogP contribution in [0.1, 0.15) is 374 Å². The molecule has 0 aromatic heterocycles. The third-order valence-electron chi connectivity index (χ3n) is 30.8. The lowest BCUT2D eigenvalue weighted by Crippen LogP contribution is -2.67. The minimum Gasteiger partial charge on any atom is -0.299 e. The number of hydrogen-bond acceptors (Lipinski definition) is 4. The van der Waals surface area contributed by atoms with Crippen molar-refractivity contribution < 1.29 is 9.59 Å². The van der Waals surface area contributed by atoms with Crippen LogP contribution in [-0.4, -0.2) is 57.6 Å². The Hall–Kier alpha value is -0.740. The van der Waals surface area contributed by atoms with Gasteiger partial charge < -0.3 is 0 Å². The third-order valence-corrected chi connectivity index (χ3v) is 30.8. The Morgan fingerprint density at radius 3 is 0.955 bits per heavy atom. The van der Waals surface area contributed by atoms with E-state index in [4.69, 9.17) is 0 Å². The van der Waals surface area contributed by atoms with Gasteiger partial charge in [0.05, 0.1) is 0 Å². The molecule has 12 aliphatic carbocycles. The summed E-state index contributed by atoms with van der Waals surface area (Å²) >= 11 is 0. The first-order chi connectivity index (χ1) is 43.2. The monoisotopic (exact) mass is 1210 g/mol. The topological polar surface area (TPSA) is 40.6 Å². The maximum absolute atomic E-state index is 14.4. The van der Waals surface area contributed by atoms with Crippen molar-refractivity contribution in [1.29, 1.82) is 0 Å². The molecule has 12 fully saturated rings. The predicted octanol–water partition coefficient (Wildman–Crippen LogP) is 23.3. The smallest absolute Gasteiger partial charge is 0.139 e. The van der Waals surface area contributed by atoms with E-state index in [0.717, 1.165) is 131 Å². The van der Waals surface area contributed by atoms with Crippen LogP contribution in [0.3, 0.4) is 0 Å². The second-order valence-electron chi connectivity index (χ2n) is 35.8. The first-order valence-corrected chi connectivity index (χ1v) is 41.9. The largest absolute Gasteiger partial charge is 0.299 e. The van der Waals surface area contributed by atoms with Gasteiger partial charge in [-0.05, 0) is 301 Å². The zero-order valence-corrected chi connectivity index (χ0v) is 58.8. The van der Waals surface area contributed by atoms with E-state index in [-0.39, 0.29) is 0 Å². The molecule has 0 aliphatic heterocycles. The molecule has 4 nitrogen and oxygen atoms in total. The Kier molecular flexibility index (Phi) is 25.4. The molecule has 12 saturated carbocycles. The van der Waals surface area contributed by atoms with E-state index in [1.807, 2.05) is 0 Å². The fraction of sp³-hybridized carbons (Fsp3) is 0.976. The lowest BCUT2D eigenvalue weighted by Gasteiger charge is -2.68. The highest BCUT2D eigenvalue weighted by Crippen LogP contribution is 2.67. The minimum atomic E-state index is 0.362. The van der Waals surface area contributed by atoms with Crippen molar-refractivity contribution in [3.05, 3.63) is 0 Å². The molecule has 0 amide bonds. The number of nitrogens with zero attached hydrogens (tertiary/aromatic N) is 2. The summed E-state index contributed by atoms with van der Waals surface area (Å²) in [5, 5.41) is 0. The van der Waals surface area contributed by atoms with Crippen LogP contribution < -0.4 is 0 Å². The van der Waals surface area contributed by atoms with Gasteiger partial charge in [0, 0.05) is 59.9 Å². The predicted molar refractivity (Wildman–Crippen MR) is 371 cm³/mol. The van der Waals surface area contributed by atoms with E-state index >= 15 is 0 Å². The summed E-state index contributed by atoms with van der Waals surface area (Å²) < 4.78 is 0. The van der Waals surface area contributed by atoms with Gasteiger partial charge in [-0.3, -0.25) is 19.4 Å². The number of ketones is 2. The summed E-state index contributed by atoms with van der Waals surface area (Å²) in [5.41, 5.74) is 0. The average molecular weight is 1210 g/mol. The third kappa shape index (κ3) is 16.2. The molecule has 12 rings (SSSR count). The van der Waals surface area contributed by atoms with Crippen molar-refractivity contribution >= 4 is 11.6 Å². The Bertz CT molecular complexity index is 1880. The minimum absolute atomic E-state index is 0.362. The van der Waals surface area contributed by atoms with Crippen molar-refractivity contribution in [2.75, 3.05) is 0 Å². The number of rotatable bonds is 26.